The predicted octanol–water partition coefficient (Wildman–Crippen LogP) is 5.39. The number of para-hydroxylation sites is 1. The van der Waals surface area contributed by atoms with Crippen LogP contribution in [0.1, 0.15) is 33.4 Å². The molecule has 5 rings (SSSR count). The quantitative estimate of drug-likeness (QED) is 0.432. The van der Waals surface area contributed by atoms with Crippen molar-refractivity contribution in [1.29, 1.82) is 0 Å². The summed E-state index contributed by atoms with van der Waals surface area (Å²) in [5.74, 6) is -0.414. The SMILES string of the molecule is COc1ccc(NC(=O)[C@@H]2c3ccccc3C(=O)N(C)[C@H]2c2cn(C)c3ccccc23)cc1Cl. The third-order valence-electron chi connectivity index (χ3n) is 6.53. The lowest BCUT2D eigenvalue weighted by Crippen LogP contribution is -2.44. The number of carbonyl (C=O) groups is 2. The number of aryl methyl sites for hydroxylation is 1. The summed E-state index contributed by atoms with van der Waals surface area (Å²) >= 11 is 6.28. The van der Waals surface area contributed by atoms with Gasteiger partial charge in [0.1, 0.15) is 5.75 Å². The molecule has 2 heterocycles. The number of hydrogen-bond donors (Lipinski definition) is 1. The molecule has 3 aromatic carbocycles. The number of methoxy groups -OCH3 is 1. The molecule has 1 aliphatic heterocycles. The standard InChI is InChI=1S/C27H24ClN3O3/c1-30-15-20(17-8-6-7-11-22(17)30)25-24(18-9-4-5-10-19(18)27(33)31(25)2)26(32)29-16-12-13-23(34-3)21(28)14-16/h4-15,24-25H,1-3H3,(H,29,32)/t24-,25+/m1/s1. The van der Waals surface area contributed by atoms with Gasteiger partial charge in [0.15, 0.2) is 0 Å². The van der Waals surface area contributed by atoms with Gasteiger partial charge in [-0.25, -0.2) is 0 Å². The fraction of sp³-hybridized carbons (Fsp3) is 0.185. The third kappa shape index (κ3) is 3.51. The van der Waals surface area contributed by atoms with E-state index in [1.165, 1.54) is 0 Å². The number of ether oxygens (including phenoxy) is 1. The second-order valence-electron chi connectivity index (χ2n) is 8.48. The van der Waals surface area contributed by atoms with E-state index in [1.54, 1.807) is 43.3 Å². The molecule has 7 heteroatoms. The summed E-state index contributed by atoms with van der Waals surface area (Å²) in [7, 11) is 5.27. The molecule has 1 aliphatic rings. The van der Waals surface area contributed by atoms with Gasteiger partial charge in [-0.1, -0.05) is 48.0 Å². The zero-order valence-electron chi connectivity index (χ0n) is 19.1. The molecule has 0 aliphatic carbocycles. The number of hydrogen-bond acceptors (Lipinski definition) is 3. The molecule has 172 valence electrons. The van der Waals surface area contributed by atoms with Gasteiger partial charge < -0.3 is 19.5 Å². The molecule has 1 N–H and O–H groups in total. The van der Waals surface area contributed by atoms with Crippen LogP contribution in [0.15, 0.2) is 72.9 Å². The number of benzene rings is 3. The molecule has 0 fully saturated rings. The number of rotatable bonds is 4. The number of aromatic nitrogens is 1. The van der Waals surface area contributed by atoms with Crippen LogP contribution in [-0.2, 0) is 11.8 Å². The molecule has 1 aromatic heterocycles. The Morgan fingerprint density at radius 2 is 1.74 bits per heavy atom. The summed E-state index contributed by atoms with van der Waals surface area (Å²) in [6.07, 6.45) is 2.01. The molecule has 4 aromatic rings. The number of nitrogens with zero attached hydrogens (tertiary/aromatic N) is 2. The lowest BCUT2D eigenvalue weighted by Gasteiger charge is -2.39. The van der Waals surface area contributed by atoms with E-state index in [0.29, 0.717) is 27.6 Å². The van der Waals surface area contributed by atoms with Gasteiger partial charge >= 0.3 is 0 Å². The first-order chi connectivity index (χ1) is 16.4. The van der Waals surface area contributed by atoms with Crippen molar-refractivity contribution in [3.63, 3.8) is 0 Å². The number of halogens is 1. The number of anilines is 1. The molecule has 2 amide bonds. The topological polar surface area (TPSA) is 63.6 Å². The van der Waals surface area contributed by atoms with Crippen LogP contribution in [0.5, 0.6) is 5.75 Å². The smallest absolute Gasteiger partial charge is 0.254 e. The van der Waals surface area contributed by atoms with Crippen LogP contribution in [0.3, 0.4) is 0 Å². The molecule has 0 radical (unpaired) electrons. The van der Waals surface area contributed by atoms with Crippen molar-refractivity contribution in [3.8, 4) is 5.75 Å². The number of fused-ring (bicyclic) bond motifs is 2. The Balaban J connectivity index is 1.64. The summed E-state index contributed by atoms with van der Waals surface area (Å²) in [6.45, 7) is 0. The van der Waals surface area contributed by atoms with Crippen molar-refractivity contribution in [2.75, 3.05) is 19.5 Å². The maximum Gasteiger partial charge on any atom is 0.254 e. The summed E-state index contributed by atoms with van der Waals surface area (Å²) in [4.78, 5) is 28.9. The van der Waals surface area contributed by atoms with Crippen LogP contribution in [0.25, 0.3) is 10.9 Å². The Kier molecular flexibility index (Phi) is 5.54. The van der Waals surface area contributed by atoms with Crippen molar-refractivity contribution in [3.05, 3.63) is 94.6 Å². The van der Waals surface area contributed by atoms with Crippen LogP contribution in [0, 0.1) is 0 Å². The lowest BCUT2D eigenvalue weighted by molar-refractivity contribution is -0.119. The molecule has 2 atom stereocenters. The normalized spacial score (nSPS) is 17.5. The minimum absolute atomic E-state index is 0.106. The maximum atomic E-state index is 13.8. The number of likely N-dealkylation sites (N-methyl/N-ethyl adjacent to an activating group) is 1. The Morgan fingerprint density at radius 1 is 1.00 bits per heavy atom. The molecule has 0 spiro atoms. The van der Waals surface area contributed by atoms with Crippen LogP contribution < -0.4 is 10.1 Å². The largest absolute Gasteiger partial charge is 0.495 e. The predicted molar refractivity (Wildman–Crippen MR) is 134 cm³/mol. The Bertz CT molecular complexity index is 1430. The van der Waals surface area contributed by atoms with Gasteiger partial charge in [0.25, 0.3) is 5.91 Å². The van der Waals surface area contributed by atoms with Crippen molar-refractivity contribution in [2.45, 2.75) is 12.0 Å². The second kappa shape index (κ2) is 8.54. The maximum absolute atomic E-state index is 13.8. The minimum atomic E-state index is -0.620. The molecular weight excluding hydrogens is 450 g/mol. The first-order valence-corrected chi connectivity index (χ1v) is 11.3. The first kappa shape index (κ1) is 22.0. The summed E-state index contributed by atoms with van der Waals surface area (Å²) in [5.41, 5.74) is 3.77. The van der Waals surface area contributed by atoms with E-state index in [9.17, 15) is 9.59 Å². The highest BCUT2D eigenvalue weighted by molar-refractivity contribution is 6.32. The van der Waals surface area contributed by atoms with Crippen LogP contribution in [-0.4, -0.2) is 35.4 Å². The van der Waals surface area contributed by atoms with Crippen molar-refractivity contribution >= 4 is 40.0 Å². The second-order valence-corrected chi connectivity index (χ2v) is 8.88. The highest BCUT2D eigenvalue weighted by Gasteiger charge is 2.43. The number of amides is 2. The summed E-state index contributed by atoms with van der Waals surface area (Å²) in [6, 6.07) is 20.0. The monoisotopic (exact) mass is 473 g/mol. The average molecular weight is 474 g/mol. The molecule has 0 bridgehead atoms. The minimum Gasteiger partial charge on any atom is -0.495 e. The molecule has 0 saturated carbocycles. The highest BCUT2D eigenvalue weighted by atomic mass is 35.5. The van der Waals surface area contributed by atoms with Gasteiger partial charge in [0.2, 0.25) is 5.91 Å². The Morgan fingerprint density at radius 3 is 2.50 bits per heavy atom. The van der Waals surface area contributed by atoms with E-state index >= 15 is 0 Å². The molecule has 6 nitrogen and oxygen atoms in total. The molecule has 0 saturated heterocycles. The van der Waals surface area contributed by atoms with E-state index in [0.717, 1.165) is 16.5 Å². The van der Waals surface area contributed by atoms with Gasteiger partial charge in [0, 0.05) is 48.0 Å². The van der Waals surface area contributed by atoms with Crippen LogP contribution in [0.4, 0.5) is 5.69 Å². The fourth-order valence-corrected chi connectivity index (χ4v) is 5.18. The van der Waals surface area contributed by atoms with E-state index in [2.05, 4.69) is 5.32 Å². The third-order valence-corrected chi connectivity index (χ3v) is 6.82. The highest BCUT2D eigenvalue weighted by Crippen LogP contribution is 2.45. The van der Waals surface area contributed by atoms with Gasteiger partial charge in [-0.3, -0.25) is 9.59 Å². The lowest BCUT2D eigenvalue weighted by atomic mass is 9.79. The zero-order valence-corrected chi connectivity index (χ0v) is 19.8. The van der Waals surface area contributed by atoms with Crippen molar-refractivity contribution < 1.29 is 14.3 Å². The Hall–Kier alpha value is -3.77. The number of nitrogens with one attached hydrogen (secondary N) is 1. The van der Waals surface area contributed by atoms with Crippen molar-refractivity contribution in [2.24, 2.45) is 7.05 Å². The average Bonchev–Trinajstić information content (AvgIpc) is 3.17. The first-order valence-electron chi connectivity index (χ1n) is 10.9. The number of carbonyl (C=O) groups excluding carboxylic acids is 2. The van der Waals surface area contributed by atoms with Gasteiger partial charge in [-0.05, 0) is 35.9 Å². The van der Waals surface area contributed by atoms with Gasteiger partial charge in [-0.2, -0.15) is 0 Å². The Labute approximate surface area is 202 Å². The molecule has 34 heavy (non-hydrogen) atoms. The van der Waals surface area contributed by atoms with E-state index < -0.39 is 12.0 Å². The van der Waals surface area contributed by atoms with Crippen molar-refractivity contribution in [1.82, 2.24) is 9.47 Å². The van der Waals surface area contributed by atoms with Crippen LogP contribution >= 0.6 is 11.6 Å². The zero-order chi connectivity index (χ0) is 24.0. The summed E-state index contributed by atoms with van der Waals surface area (Å²) < 4.78 is 7.25. The van der Waals surface area contributed by atoms with E-state index in [-0.39, 0.29) is 11.8 Å². The van der Waals surface area contributed by atoms with Gasteiger partial charge in [0.05, 0.1) is 24.1 Å². The van der Waals surface area contributed by atoms with Gasteiger partial charge in [-0.15, -0.1) is 0 Å². The molecular formula is C27H24ClN3O3. The summed E-state index contributed by atoms with van der Waals surface area (Å²) in [5, 5.41) is 4.43. The fourth-order valence-electron chi connectivity index (χ4n) is 4.92. The van der Waals surface area contributed by atoms with Crippen LogP contribution in [0.2, 0.25) is 5.02 Å². The molecule has 0 unspecified atom stereocenters. The van der Waals surface area contributed by atoms with E-state index in [4.69, 9.17) is 16.3 Å². The van der Waals surface area contributed by atoms with E-state index in [1.807, 2.05) is 60.3 Å².